The number of alkyl halides is 3. The topological polar surface area (TPSA) is 78.4 Å². The second-order valence-corrected chi connectivity index (χ2v) is 9.84. The minimum atomic E-state index is -5.08. The van der Waals surface area contributed by atoms with Crippen LogP contribution in [0.1, 0.15) is 42.1 Å². The molecule has 0 radical (unpaired) electrons. The monoisotopic (exact) mass is 418 g/mol. The van der Waals surface area contributed by atoms with Gasteiger partial charge in [0.1, 0.15) is 10.0 Å². The van der Waals surface area contributed by atoms with Crippen LogP contribution in [0.25, 0.3) is 0 Å². The van der Waals surface area contributed by atoms with Crippen molar-refractivity contribution in [1.82, 2.24) is 20.4 Å². The van der Waals surface area contributed by atoms with Crippen LogP contribution in [0, 0.1) is 23.2 Å². The number of fused-ring (bicyclic) bond motifs is 5. The van der Waals surface area contributed by atoms with Crippen molar-refractivity contribution in [2.75, 3.05) is 26.2 Å². The number of halogens is 3. The molecule has 6 nitrogen and oxygen atoms in total. The van der Waals surface area contributed by atoms with E-state index in [1.165, 1.54) is 42.4 Å². The molecule has 2 bridgehead atoms. The van der Waals surface area contributed by atoms with Gasteiger partial charge in [0.2, 0.25) is 0 Å². The average Bonchev–Trinajstić information content (AvgIpc) is 3.27. The highest BCUT2D eigenvalue weighted by Crippen LogP contribution is 2.62. The van der Waals surface area contributed by atoms with Crippen molar-refractivity contribution in [3.05, 3.63) is 10.0 Å². The van der Waals surface area contributed by atoms with Crippen LogP contribution in [0.2, 0.25) is 0 Å². The molecule has 4 atom stereocenters. The molecule has 4 fully saturated rings. The third-order valence-electron chi connectivity index (χ3n) is 7.06. The van der Waals surface area contributed by atoms with Gasteiger partial charge in [-0.05, 0) is 42.4 Å². The number of hydrogen-bond acceptors (Lipinski definition) is 6. The quantitative estimate of drug-likeness (QED) is 0.786. The van der Waals surface area contributed by atoms with Crippen molar-refractivity contribution in [3.8, 4) is 0 Å². The van der Waals surface area contributed by atoms with E-state index < -0.39 is 12.1 Å². The Morgan fingerprint density at radius 2 is 2.07 bits per heavy atom. The Hall–Kier alpha value is -1.26. The van der Waals surface area contributed by atoms with Gasteiger partial charge in [-0.3, -0.25) is 4.90 Å². The Kier molecular flexibility index (Phi) is 5.16. The highest BCUT2D eigenvalue weighted by atomic mass is 32.1. The van der Waals surface area contributed by atoms with Gasteiger partial charge in [0.25, 0.3) is 0 Å². The number of hydrogen-bond donors (Lipinski definition) is 2. The van der Waals surface area contributed by atoms with Gasteiger partial charge in [-0.1, -0.05) is 18.3 Å². The van der Waals surface area contributed by atoms with Crippen LogP contribution in [-0.4, -0.2) is 58.5 Å². The van der Waals surface area contributed by atoms with Crippen molar-refractivity contribution in [1.29, 1.82) is 0 Å². The van der Waals surface area contributed by atoms with E-state index in [0.717, 1.165) is 37.4 Å². The Morgan fingerprint density at radius 3 is 2.64 bits per heavy atom. The number of carbonyl (C=O) groups is 1. The van der Waals surface area contributed by atoms with Gasteiger partial charge in [0.15, 0.2) is 0 Å². The molecule has 0 amide bonds. The fraction of sp³-hybridized carbons (Fsp3) is 0.833. The summed E-state index contributed by atoms with van der Waals surface area (Å²) in [6.45, 7) is 8.36. The number of nitrogens with zero attached hydrogens (tertiary/aromatic N) is 3. The fourth-order valence-electron chi connectivity index (χ4n) is 5.52. The minimum absolute atomic E-state index is 0.605. The lowest BCUT2D eigenvalue weighted by atomic mass is 9.70. The van der Waals surface area contributed by atoms with Crippen molar-refractivity contribution in [2.24, 2.45) is 23.2 Å². The molecule has 1 aromatic rings. The normalized spacial score (nSPS) is 34.6. The first-order valence-electron chi connectivity index (χ1n) is 9.72. The fourth-order valence-corrected chi connectivity index (χ4v) is 6.51. The first-order valence-corrected chi connectivity index (χ1v) is 10.5. The summed E-state index contributed by atoms with van der Waals surface area (Å²) in [5, 5.41) is 21.8. The van der Waals surface area contributed by atoms with Crippen LogP contribution in [0.15, 0.2) is 0 Å². The molecule has 10 heteroatoms. The molecule has 1 aromatic heterocycles. The zero-order valence-corrected chi connectivity index (χ0v) is 16.5. The lowest BCUT2D eigenvalue weighted by Gasteiger charge is -2.34. The maximum atomic E-state index is 10.6. The summed E-state index contributed by atoms with van der Waals surface area (Å²) >= 11 is 1.84. The van der Waals surface area contributed by atoms with E-state index in [2.05, 4.69) is 27.3 Å². The van der Waals surface area contributed by atoms with E-state index in [0.29, 0.717) is 11.3 Å². The summed E-state index contributed by atoms with van der Waals surface area (Å²) < 4.78 is 31.7. The van der Waals surface area contributed by atoms with Gasteiger partial charge in [-0.25, -0.2) is 4.79 Å². The molecule has 5 rings (SSSR count). The summed E-state index contributed by atoms with van der Waals surface area (Å²) in [6.07, 6.45) is -0.577. The zero-order chi connectivity index (χ0) is 20.1. The van der Waals surface area contributed by atoms with Crippen molar-refractivity contribution in [2.45, 2.75) is 44.8 Å². The number of carboxylic acid groups (broad SMARTS) is 1. The number of aliphatic carboxylic acids is 1. The number of carboxylic acids is 1. The summed E-state index contributed by atoms with van der Waals surface area (Å²) in [5.74, 6) is 0.856. The predicted octanol–water partition coefficient (Wildman–Crippen LogP) is 2.73. The molecule has 4 aliphatic rings. The molecule has 2 saturated carbocycles. The predicted molar refractivity (Wildman–Crippen MR) is 96.9 cm³/mol. The smallest absolute Gasteiger partial charge is 0.475 e. The standard InChI is InChI=1S/C16H24N4S.C2HF3O2/c1-16-9-20(7-13(16)10-2-3-12(16)4-10)8-14-18-19-15(21-14)11-5-17-6-11;3-2(4,5)1(6)7/h10-13,17H,2-9H2,1H3;(H,6,7)/t10-,12+,13-,16+;/m0./s1. The molecule has 3 heterocycles. The van der Waals surface area contributed by atoms with E-state index in [-0.39, 0.29) is 0 Å². The van der Waals surface area contributed by atoms with Crippen molar-refractivity contribution >= 4 is 17.3 Å². The first kappa shape index (κ1) is 20.0. The summed E-state index contributed by atoms with van der Waals surface area (Å²) in [7, 11) is 0. The maximum Gasteiger partial charge on any atom is 0.490 e. The summed E-state index contributed by atoms with van der Waals surface area (Å²) in [6, 6.07) is 0. The van der Waals surface area contributed by atoms with Crippen molar-refractivity contribution in [3.63, 3.8) is 0 Å². The minimum Gasteiger partial charge on any atom is -0.475 e. The molecule has 2 saturated heterocycles. The number of nitrogens with one attached hydrogen (secondary N) is 1. The van der Waals surface area contributed by atoms with Gasteiger partial charge in [-0.15, -0.1) is 10.2 Å². The SMILES string of the molecule is C[C@]12CN(Cc3nnc(C4CNC4)s3)C[C@H]1[C@H]1CC[C@@H]2C1.O=C(O)C(F)(F)F. The van der Waals surface area contributed by atoms with E-state index >= 15 is 0 Å². The highest BCUT2D eigenvalue weighted by molar-refractivity contribution is 7.11. The Balaban J connectivity index is 0.000000239. The molecule has 2 aliphatic carbocycles. The summed E-state index contributed by atoms with van der Waals surface area (Å²) in [5.41, 5.74) is 0.605. The molecular formula is C18H25F3N4O2S. The molecule has 2 N–H and O–H groups in total. The molecular weight excluding hydrogens is 393 g/mol. The van der Waals surface area contributed by atoms with Crippen LogP contribution in [-0.2, 0) is 11.3 Å². The number of likely N-dealkylation sites (tertiary alicyclic amines) is 1. The van der Waals surface area contributed by atoms with Crippen LogP contribution in [0.5, 0.6) is 0 Å². The van der Waals surface area contributed by atoms with Crippen LogP contribution in [0.4, 0.5) is 13.2 Å². The lowest BCUT2D eigenvalue weighted by Crippen LogP contribution is -2.39. The van der Waals surface area contributed by atoms with E-state index in [9.17, 15) is 13.2 Å². The van der Waals surface area contributed by atoms with E-state index in [1.807, 2.05) is 11.3 Å². The molecule has 0 aromatic carbocycles. The first-order chi connectivity index (χ1) is 13.2. The number of rotatable bonds is 3. The average molecular weight is 418 g/mol. The summed E-state index contributed by atoms with van der Waals surface area (Å²) in [4.78, 5) is 11.6. The number of aromatic nitrogens is 2. The largest absolute Gasteiger partial charge is 0.490 e. The van der Waals surface area contributed by atoms with Gasteiger partial charge in [-0.2, -0.15) is 13.2 Å². The van der Waals surface area contributed by atoms with Gasteiger partial charge in [0.05, 0.1) is 6.54 Å². The highest BCUT2D eigenvalue weighted by Gasteiger charge is 2.59. The molecule has 0 spiro atoms. The Morgan fingerprint density at radius 1 is 1.36 bits per heavy atom. The third kappa shape index (κ3) is 3.66. The van der Waals surface area contributed by atoms with Crippen LogP contribution >= 0.6 is 11.3 Å². The second kappa shape index (κ2) is 7.21. The van der Waals surface area contributed by atoms with Gasteiger partial charge in [0, 0.05) is 32.1 Å². The molecule has 28 heavy (non-hydrogen) atoms. The van der Waals surface area contributed by atoms with Gasteiger partial charge < -0.3 is 10.4 Å². The third-order valence-corrected chi connectivity index (χ3v) is 8.13. The van der Waals surface area contributed by atoms with Crippen molar-refractivity contribution < 1.29 is 23.1 Å². The zero-order valence-electron chi connectivity index (χ0n) is 15.7. The maximum absolute atomic E-state index is 10.6. The Bertz CT molecular complexity index is 739. The lowest BCUT2D eigenvalue weighted by molar-refractivity contribution is -0.192. The van der Waals surface area contributed by atoms with Gasteiger partial charge >= 0.3 is 12.1 Å². The van der Waals surface area contributed by atoms with Crippen LogP contribution < -0.4 is 5.32 Å². The van der Waals surface area contributed by atoms with Crippen LogP contribution in [0.3, 0.4) is 0 Å². The second-order valence-electron chi connectivity index (χ2n) is 8.74. The molecule has 156 valence electrons. The Labute approximate surface area is 165 Å². The molecule has 0 unspecified atom stereocenters. The van der Waals surface area contributed by atoms with E-state index in [1.54, 1.807) is 0 Å². The van der Waals surface area contributed by atoms with E-state index in [4.69, 9.17) is 9.90 Å². The molecule has 2 aliphatic heterocycles.